The van der Waals surface area contributed by atoms with Crippen LogP contribution in [0.5, 0.6) is 0 Å². The molecule has 3 rings (SSSR count). The van der Waals surface area contributed by atoms with E-state index in [1.807, 2.05) is 0 Å². The van der Waals surface area contributed by atoms with Gasteiger partial charge in [0.2, 0.25) is 5.91 Å². The molecule has 116 valence electrons. The second-order valence-electron chi connectivity index (χ2n) is 6.70. The Labute approximate surface area is 130 Å². The molecule has 0 radical (unpaired) electrons. The molecule has 2 saturated carbocycles. The molecule has 5 atom stereocenters. The first kappa shape index (κ1) is 15.1. The van der Waals surface area contributed by atoms with E-state index in [-0.39, 0.29) is 30.6 Å². The third kappa shape index (κ3) is 3.03. The normalized spacial score (nSPS) is 38.8. The Bertz CT molecular complexity index is 439. The maximum atomic E-state index is 12.3. The van der Waals surface area contributed by atoms with Gasteiger partial charge in [-0.1, -0.05) is 0 Å². The first-order chi connectivity index (χ1) is 10.1. The van der Waals surface area contributed by atoms with Crippen LogP contribution in [0.3, 0.4) is 0 Å². The molecule has 0 aromatic carbocycles. The van der Waals surface area contributed by atoms with Gasteiger partial charge in [0.25, 0.3) is 0 Å². The molecule has 21 heavy (non-hydrogen) atoms. The predicted octanol–water partition coefficient (Wildman–Crippen LogP) is 1.51. The zero-order chi connectivity index (χ0) is 15.0. The number of rotatable bonds is 3. The average molecular weight is 312 g/mol. The van der Waals surface area contributed by atoms with Crippen molar-refractivity contribution < 1.29 is 9.90 Å². The lowest BCUT2D eigenvalue weighted by Crippen LogP contribution is -2.42. The molecule has 1 heterocycles. The zero-order valence-corrected chi connectivity index (χ0v) is 12.9. The first-order valence-electron chi connectivity index (χ1n) is 7.88. The zero-order valence-electron chi connectivity index (χ0n) is 12.1. The van der Waals surface area contributed by atoms with E-state index in [0.29, 0.717) is 18.4 Å². The van der Waals surface area contributed by atoms with Crippen molar-refractivity contribution >= 4 is 17.7 Å². The third-order valence-electron chi connectivity index (χ3n) is 5.37. The van der Waals surface area contributed by atoms with Crippen LogP contribution < -0.4 is 0 Å². The maximum absolute atomic E-state index is 12.3. The van der Waals surface area contributed by atoms with Crippen LogP contribution in [-0.4, -0.2) is 51.6 Å². The summed E-state index contributed by atoms with van der Waals surface area (Å²) in [6.45, 7) is 0.857. The van der Waals surface area contributed by atoms with E-state index in [4.69, 9.17) is 17.0 Å². The van der Waals surface area contributed by atoms with Gasteiger partial charge in [-0.2, -0.15) is 5.26 Å². The molecule has 1 amide bonds. The van der Waals surface area contributed by atoms with Gasteiger partial charge < -0.3 is 10.0 Å². The van der Waals surface area contributed by atoms with E-state index in [1.54, 1.807) is 9.32 Å². The highest BCUT2D eigenvalue weighted by Gasteiger charge is 2.43. The molecular formula is C15H22ClN3O2. The van der Waals surface area contributed by atoms with Gasteiger partial charge in [0, 0.05) is 12.6 Å². The molecule has 6 heteroatoms. The number of amides is 1. The highest BCUT2D eigenvalue weighted by Crippen LogP contribution is 2.46. The van der Waals surface area contributed by atoms with Gasteiger partial charge in [-0.05, 0) is 62.1 Å². The van der Waals surface area contributed by atoms with Crippen molar-refractivity contribution in [1.82, 2.24) is 9.32 Å². The van der Waals surface area contributed by atoms with E-state index in [2.05, 4.69) is 6.07 Å². The van der Waals surface area contributed by atoms with Crippen molar-refractivity contribution in [3.8, 4) is 6.07 Å². The summed E-state index contributed by atoms with van der Waals surface area (Å²) in [5.41, 5.74) is 0. The van der Waals surface area contributed by atoms with E-state index < -0.39 is 0 Å². The van der Waals surface area contributed by atoms with Gasteiger partial charge in [-0.25, -0.2) is 4.42 Å². The summed E-state index contributed by atoms with van der Waals surface area (Å²) in [5, 5.41) is 18.7. The molecule has 0 bridgehead atoms. The van der Waals surface area contributed by atoms with E-state index in [1.165, 1.54) is 0 Å². The molecule has 0 aromatic heterocycles. The predicted molar refractivity (Wildman–Crippen MR) is 78.1 cm³/mol. The number of nitriles is 1. The number of hydrogen-bond donors (Lipinski definition) is 1. The maximum Gasteiger partial charge on any atom is 0.239 e. The second kappa shape index (κ2) is 6.12. The fourth-order valence-corrected chi connectivity index (χ4v) is 4.59. The molecule has 5 nitrogen and oxygen atoms in total. The smallest absolute Gasteiger partial charge is 0.239 e. The van der Waals surface area contributed by atoms with Gasteiger partial charge in [0.05, 0.1) is 18.7 Å². The molecule has 1 N–H and O–H groups in total. The largest absolute Gasteiger partial charge is 0.393 e. The van der Waals surface area contributed by atoms with Crippen LogP contribution in [-0.2, 0) is 4.79 Å². The van der Waals surface area contributed by atoms with Crippen molar-refractivity contribution in [2.45, 2.75) is 56.7 Å². The summed E-state index contributed by atoms with van der Waals surface area (Å²) in [6, 6.07) is 2.14. The number of carbonyl (C=O) groups excluding carboxylic acids is 1. The third-order valence-corrected chi connectivity index (χ3v) is 5.77. The van der Waals surface area contributed by atoms with E-state index in [9.17, 15) is 9.90 Å². The Morgan fingerprint density at radius 2 is 2.00 bits per heavy atom. The van der Waals surface area contributed by atoms with Gasteiger partial charge in [-0.3, -0.25) is 4.79 Å². The van der Waals surface area contributed by atoms with Crippen LogP contribution in [0.2, 0.25) is 0 Å². The molecule has 3 aliphatic rings. The molecule has 1 saturated heterocycles. The molecule has 1 unspecified atom stereocenters. The van der Waals surface area contributed by atoms with Crippen LogP contribution in [0.25, 0.3) is 0 Å². The van der Waals surface area contributed by atoms with Crippen LogP contribution in [0.1, 0.15) is 38.5 Å². The molecule has 0 spiro atoms. The number of halogens is 1. The number of aliphatic hydroxyl groups is 1. The SMILES string of the molecule is N#C[C@@H]1CCCN1C(=O)CN(Cl)C1C[C@@H]2C[C@H](O)C[C@@H]2C1. The van der Waals surface area contributed by atoms with Crippen molar-refractivity contribution in [3.63, 3.8) is 0 Å². The minimum absolute atomic E-state index is 0.0360. The second-order valence-corrected chi connectivity index (χ2v) is 7.14. The van der Waals surface area contributed by atoms with Crippen molar-refractivity contribution in [2.24, 2.45) is 11.8 Å². The minimum atomic E-state index is -0.277. The number of carbonyl (C=O) groups is 1. The molecule has 1 aliphatic heterocycles. The van der Waals surface area contributed by atoms with E-state index in [0.717, 1.165) is 38.5 Å². The Hall–Kier alpha value is -0.830. The van der Waals surface area contributed by atoms with Gasteiger partial charge in [-0.15, -0.1) is 0 Å². The summed E-state index contributed by atoms with van der Waals surface area (Å²) >= 11 is 6.34. The fourth-order valence-electron chi connectivity index (χ4n) is 4.33. The van der Waals surface area contributed by atoms with Gasteiger partial charge in [0.15, 0.2) is 0 Å². The first-order valence-corrected chi connectivity index (χ1v) is 8.22. The van der Waals surface area contributed by atoms with Crippen molar-refractivity contribution in [2.75, 3.05) is 13.1 Å². The minimum Gasteiger partial charge on any atom is -0.393 e. The quantitative estimate of drug-likeness (QED) is 0.802. The lowest BCUT2D eigenvalue weighted by atomic mass is 10.0. The summed E-state index contributed by atoms with van der Waals surface area (Å²) in [5.74, 6) is 1.08. The number of nitrogens with zero attached hydrogens (tertiary/aromatic N) is 3. The lowest BCUT2D eigenvalue weighted by Gasteiger charge is -2.26. The molecule has 2 aliphatic carbocycles. The average Bonchev–Trinajstić information content (AvgIpc) is 3.10. The van der Waals surface area contributed by atoms with Crippen LogP contribution in [0.15, 0.2) is 0 Å². The van der Waals surface area contributed by atoms with Gasteiger partial charge >= 0.3 is 0 Å². The van der Waals surface area contributed by atoms with Crippen molar-refractivity contribution in [3.05, 3.63) is 0 Å². The summed E-state index contributed by atoms with van der Waals surface area (Å²) in [6.07, 6.45) is 5.23. The lowest BCUT2D eigenvalue weighted by molar-refractivity contribution is -0.131. The summed E-state index contributed by atoms with van der Waals surface area (Å²) < 4.78 is 1.64. The monoisotopic (exact) mass is 311 g/mol. The standard InChI is InChI=1S/C15H22ClN3O2/c16-19(9-15(21)18-3-1-2-12(18)8-17)13-4-10-6-14(20)7-11(10)5-13/h10-14,20H,1-7,9H2/t10-,11+,12-,13?,14+/m0/s1. The number of fused-ring (bicyclic) bond motifs is 1. The Morgan fingerprint density at radius 3 is 2.62 bits per heavy atom. The van der Waals surface area contributed by atoms with Crippen LogP contribution >= 0.6 is 11.8 Å². The molecular weight excluding hydrogens is 290 g/mol. The van der Waals surface area contributed by atoms with Gasteiger partial charge in [0.1, 0.15) is 6.04 Å². The summed E-state index contributed by atoms with van der Waals surface area (Å²) in [7, 11) is 0. The Morgan fingerprint density at radius 1 is 1.33 bits per heavy atom. The van der Waals surface area contributed by atoms with Crippen LogP contribution in [0.4, 0.5) is 0 Å². The fraction of sp³-hybridized carbons (Fsp3) is 0.867. The van der Waals surface area contributed by atoms with Crippen molar-refractivity contribution in [1.29, 1.82) is 5.26 Å². The number of aliphatic hydroxyl groups excluding tert-OH is 1. The molecule has 3 fully saturated rings. The number of likely N-dealkylation sites (tertiary alicyclic amines) is 1. The highest BCUT2D eigenvalue weighted by molar-refractivity contribution is 6.14. The van der Waals surface area contributed by atoms with E-state index >= 15 is 0 Å². The molecule has 0 aromatic rings. The van der Waals surface area contributed by atoms with Crippen LogP contribution in [0, 0.1) is 23.2 Å². The highest BCUT2D eigenvalue weighted by atomic mass is 35.5. The Balaban J connectivity index is 1.52. The topological polar surface area (TPSA) is 67.6 Å². The Kier molecular flexibility index (Phi) is 4.39. The summed E-state index contributed by atoms with van der Waals surface area (Å²) in [4.78, 5) is 14.0. The number of hydrogen-bond acceptors (Lipinski definition) is 4.